The number of hydrogen-bond donors (Lipinski definition) is 1. The molecule has 0 aromatic carbocycles. The number of nitrogens with zero attached hydrogens (tertiary/aromatic N) is 4. The van der Waals surface area contributed by atoms with Crippen LogP contribution in [0, 0.1) is 0 Å². The van der Waals surface area contributed by atoms with Gasteiger partial charge in [-0.25, -0.2) is 14.3 Å². The lowest BCUT2D eigenvalue weighted by Crippen LogP contribution is -2.43. The Bertz CT molecular complexity index is 783. The number of aryl methyl sites for hydroxylation is 2. The van der Waals surface area contributed by atoms with Crippen LogP contribution in [0.1, 0.15) is 19.8 Å². The van der Waals surface area contributed by atoms with E-state index in [0.717, 1.165) is 17.4 Å². The molecule has 2 heterocycles. The molecule has 0 aliphatic carbocycles. The van der Waals surface area contributed by atoms with Crippen LogP contribution in [0.2, 0.25) is 0 Å². The molecule has 0 unspecified atom stereocenters. The van der Waals surface area contributed by atoms with E-state index in [2.05, 4.69) is 10.3 Å². The molecule has 0 atom stereocenters. The number of amides is 1. The molecule has 0 bridgehead atoms. The van der Waals surface area contributed by atoms with E-state index in [1.807, 2.05) is 6.92 Å². The van der Waals surface area contributed by atoms with Gasteiger partial charge in [-0.05, 0) is 6.42 Å². The summed E-state index contributed by atoms with van der Waals surface area (Å²) in [5.74, 6) is -0.343. The van der Waals surface area contributed by atoms with Crippen LogP contribution in [0.15, 0.2) is 15.9 Å². The highest BCUT2D eigenvalue weighted by molar-refractivity contribution is 5.76. The third kappa shape index (κ3) is 2.74. The van der Waals surface area contributed by atoms with Crippen LogP contribution in [-0.4, -0.2) is 31.1 Å². The van der Waals surface area contributed by atoms with Crippen LogP contribution < -0.4 is 16.6 Å². The Morgan fingerprint density at radius 3 is 2.71 bits per heavy atom. The SMILES string of the molecule is CCCCNC(=O)Cn1c(=O)c2c(ncn2C)n(C)c1=O. The predicted octanol–water partition coefficient (Wildman–Crippen LogP) is -0.650. The first-order chi connectivity index (χ1) is 9.97. The minimum absolute atomic E-state index is 0.281. The van der Waals surface area contributed by atoms with Crippen molar-refractivity contribution in [1.29, 1.82) is 0 Å². The summed E-state index contributed by atoms with van der Waals surface area (Å²) in [7, 11) is 3.20. The summed E-state index contributed by atoms with van der Waals surface area (Å²) in [5.41, 5.74) is -0.427. The molecule has 0 radical (unpaired) electrons. The Morgan fingerprint density at radius 1 is 1.33 bits per heavy atom. The molecule has 1 amide bonds. The summed E-state index contributed by atoms with van der Waals surface area (Å²) in [6, 6.07) is 0. The van der Waals surface area contributed by atoms with Crippen molar-refractivity contribution in [1.82, 2.24) is 24.0 Å². The monoisotopic (exact) mass is 293 g/mol. The zero-order valence-corrected chi connectivity index (χ0v) is 12.4. The highest BCUT2D eigenvalue weighted by atomic mass is 16.2. The van der Waals surface area contributed by atoms with Crippen molar-refractivity contribution in [3.05, 3.63) is 27.2 Å². The van der Waals surface area contributed by atoms with Crippen LogP contribution in [0.25, 0.3) is 11.2 Å². The molecule has 2 rings (SSSR count). The molecule has 0 saturated carbocycles. The van der Waals surface area contributed by atoms with E-state index in [4.69, 9.17) is 0 Å². The van der Waals surface area contributed by atoms with Crippen LogP contribution in [0.4, 0.5) is 0 Å². The molecule has 1 N–H and O–H groups in total. The molecule has 114 valence electrons. The van der Waals surface area contributed by atoms with Gasteiger partial charge in [-0.3, -0.25) is 14.2 Å². The van der Waals surface area contributed by atoms with Gasteiger partial charge in [0, 0.05) is 20.6 Å². The van der Waals surface area contributed by atoms with Gasteiger partial charge < -0.3 is 9.88 Å². The molecule has 2 aromatic heterocycles. The molecule has 0 fully saturated rings. The number of hydrogen-bond acceptors (Lipinski definition) is 4. The molecular weight excluding hydrogens is 274 g/mol. The maximum atomic E-state index is 12.4. The number of nitrogens with one attached hydrogen (secondary N) is 1. The maximum Gasteiger partial charge on any atom is 0.332 e. The third-order valence-corrected chi connectivity index (χ3v) is 3.36. The fourth-order valence-electron chi connectivity index (χ4n) is 2.14. The van der Waals surface area contributed by atoms with Gasteiger partial charge in [0.1, 0.15) is 6.54 Å². The Balaban J connectivity index is 2.40. The fraction of sp³-hybridized carbons (Fsp3) is 0.538. The molecule has 2 aromatic rings. The van der Waals surface area contributed by atoms with Gasteiger partial charge in [0.2, 0.25) is 5.91 Å². The van der Waals surface area contributed by atoms with Gasteiger partial charge in [0.15, 0.2) is 11.2 Å². The molecule has 0 saturated heterocycles. The number of carbonyl (C=O) groups is 1. The van der Waals surface area contributed by atoms with Crippen molar-refractivity contribution in [3.63, 3.8) is 0 Å². The Labute approximate surface area is 121 Å². The van der Waals surface area contributed by atoms with Gasteiger partial charge in [0.25, 0.3) is 5.56 Å². The predicted molar refractivity (Wildman–Crippen MR) is 78.1 cm³/mol. The second kappa shape index (κ2) is 5.94. The van der Waals surface area contributed by atoms with E-state index in [-0.39, 0.29) is 12.5 Å². The average Bonchev–Trinajstić information content (AvgIpc) is 2.84. The Morgan fingerprint density at radius 2 is 2.05 bits per heavy atom. The summed E-state index contributed by atoms with van der Waals surface area (Å²) in [4.78, 5) is 40.4. The fourth-order valence-corrected chi connectivity index (χ4v) is 2.14. The lowest BCUT2D eigenvalue weighted by atomic mass is 10.3. The number of rotatable bonds is 5. The first-order valence-electron chi connectivity index (χ1n) is 6.85. The van der Waals surface area contributed by atoms with E-state index in [9.17, 15) is 14.4 Å². The quantitative estimate of drug-likeness (QED) is 0.742. The molecule has 21 heavy (non-hydrogen) atoms. The lowest BCUT2D eigenvalue weighted by Gasteiger charge is -2.09. The lowest BCUT2D eigenvalue weighted by molar-refractivity contribution is -0.121. The largest absolute Gasteiger partial charge is 0.355 e. The number of fused-ring (bicyclic) bond motifs is 1. The number of imidazole rings is 1. The van der Waals surface area contributed by atoms with E-state index in [0.29, 0.717) is 17.7 Å². The summed E-state index contributed by atoms with van der Waals surface area (Å²) in [6.07, 6.45) is 3.29. The van der Waals surface area contributed by atoms with Crippen LogP contribution in [-0.2, 0) is 25.4 Å². The highest BCUT2D eigenvalue weighted by Crippen LogP contribution is 2.02. The molecule has 0 spiro atoms. The molecule has 0 aliphatic heterocycles. The van der Waals surface area contributed by atoms with Crippen LogP contribution >= 0.6 is 0 Å². The van der Waals surface area contributed by atoms with Gasteiger partial charge in [-0.1, -0.05) is 13.3 Å². The average molecular weight is 293 g/mol. The summed E-state index contributed by atoms with van der Waals surface area (Å²) in [5, 5.41) is 2.69. The second-order valence-corrected chi connectivity index (χ2v) is 4.96. The van der Waals surface area contributed by atoms with Gasteiger partial charge in [-0.15, -0.1) is 0 Å². The van der Waals surface area contributed by atoms with Crippen molar-refractivity contribution in [2.45, 2.75) is 26.3 Å². The number of carbonyl (C=O) groups excluding carboxylic acids is 1. The first kappa shape index (κ1) is 15.0. The van der Waals surface area contributed by atoms with Crippen molar-refractivity contribution in [2.24, 2.45) is 14.1 Å². The molecule has 8 nitrogen and oxygen atoms in total. The Hall–Kier alpha value is -2.38. The van der Waals surface area contributed by atoms with Crippen molar-refractivity contribution < 1.29 is 4.79 Å². The Kier molecular flexibility index (Phi) is 4.25. The zero-order valence-electron chi connectivity index (χ0n) is 12.4. The van der Waals surface area contributed by atoms with E-state index in [1.165, 1.54) is 17.9 Å². The van der Waals surface area contributed by atoms with Crippen LogP contribution in [0.5, 0.6) is 0 Å². The van der Waals surface area contributed by atoms with Crippen molar-refractivity contribution in [3.8, 4) is 0 Å². The smallest absolute Gasteiger partial charge is 0.332 e. The van der Waals surface area contributed by atoms with E-state index < -0.39 is 11.2 Å². The second-order valence-electron chi connectivity index (χ2n) is 4.96. The topological polar surface area (TPSA) is 90.9 Å². The van der Waals surface area contributed by atoms with Crippen molar-refractivity contribution in [2.75, 3.05) is 6.54 Å². The molecule has 8 heteroatoms. The van der Waals surface area contributed by atoms with Gasteiger partial charge in [-0.2, -0.15) is 0 Å². The summed E-state index contributed by atoms with van der Waals surface area (Å²) in [6.45, 7) is 2.28. The minimum atomic E-state index is -0.545. The molecule has 0 aliphatic rings. The first-order valence-corrected chi connectivity index (χ1v) is 6.85. The minimum Gasteiger partial charge on any atom is -0.355 e. The summed E-state index contributed by atoms with van der Waals surface area (Å²) >= 11 is 0. The zero-order chi connectivity index (χ0) is 15.6. The van der Waals surface area contributed by atoms with Gasteiger partial charge in [0.05, 0.1) is 6.33 Å². The summed E-state index contributed by atoms with van der Waals surface area (Å²) < 4.78 is 3.75. The molecular formula is C13H19N5O3. The van der Waals surface area contributed by atoms with E-state index >= 15 is 0 Å². The number of aromatic nitrogens is 4. The third-order valence-electron chi connectivity index (χ3n) is 3.36. The van der Waals surface area contributed by atoms with Crippen LogP contribution in [0.3, 0.4) is 0 Å². The highest BCUT2D eigenvalue weighted by Gasteiger charge is 2.16. The normalized spacial score (nSPS) is 11.0. The number of unbranched alkanes of at least 4 members (excludes halogenated alkanes) is 1. The maximum absolute atomic E-state index is 12.4. The standard InChI is InChI=1S/C13H19N5O3/c1-4-5-6-14-9(19)7-18-12(20)10-11(15-8-16(10)2)17(3)13(18)21/h8H,4-7H2,1-3H3,(H,14,19). The van der Waals surface area contributed by atoms with Crippen molar-refractivity contribution >= 4 is 17.1 Å². The van der Waals surface area contributed by atoms with E-state index in [1.54, 1.807) is 11.6 Å². The van der Waals surface area contributed by atoms with Gasteiger partial charge >= 0.3 is 5.69 Å².